The minimum Gasteiger partial charge on any atom is -0.307 e. The molecule has 3 heteroatoms. The standard InChI is InChI=1S/C25H17N3/c1-2-10-18(11-3-1)27-21-14-6-4-12-19(21)25-24(27)20-13-5-7-15-22(20)28(25)23-16-8-9-17-26-23/h1-17H. The van der Waals surface area contributed by atoms with Crippen LogP contribution in [0.1, 0.15) is 0 Å². The highest BCUT2D eigenvalue weighted by molar-refractivity contribution is 6.19. The Labute approximate surface area is 162 Å². The second-order valence-corrected chi connectivity index (χ2v) is 6.93. The predicted molar refractivity (Wildman–Crippen MR) is 115 cm³/mol. The van der Waals surface area contributed by atoms with Crippen molar-refractivity contribution in [1.82, 2.24) is 14.1 Å². The molecule has 0 aliphatic carbocycles. The molecule has 0 unspecified atom stereocenters. The zero-order valence-electron chi connectivity index (χ0n) is 15.2. The lowest BCUT2D eigenvalue weighted by molar-refractivity contribution is 1.08. The van der Waals surface area contributed by atoms with Crippen LogP contribution in [0.2, 0.25) is 0 Å². The third kappa shape index (κ3) is 2.01. The summed E-state index contributed by atoms with van der Waals surface area (Å²) < 4.78 is 4.65. The molecule has 3 aromatic heterocycles. The zero-order chi connectivity index (χ0) is 18.5. The second kappa shape index (κ2) is 5.83. The molecular weight excluding hydrogens is 342 g/mol. The molecule has 3 nitrogen and oxygen atoms in total. The van der Waals surface area contributed by atoms with Crippen LogP contribution in [-0.2, 0) is 0 Å². The van der Waals surface area contributed by atoms with Gasteiger partial charge in [0.1, 0.15) is 5.82 Å². The van der Waals surface area contributed by atoms with Crippen molar-refractivity contribution in [2.45, 2.75) is 0 Å². The lowest BCUT2D eigenvalue weighted by atomic mass is 10.2. The third-order valence-electron chi connectivity index (χ3n) is 5.36. The van der Waals surface area contributed by atoms with Crippen LogP contribution in [0.25, 0.3) is 44.3 Å². The van der Waals surface area contributed by atoms with Crippen LogP contribution < -0.4 is 0 Å². The molecule has 6 rings (SSSR count). The van der Waals surface area contributed by atoms with Gasteiger partial charge in [0.2, 0.25) is 0 Å². The van der Waals surface area contributed by atoms with Gasteiger partial charge < -0.3 is 4.57 Å². The van der Waals surface area contributed by atoms with Crippen LogP contribution in [0.3, 0.4) is 0 Å². The highest BCUT2D eigenvalue weighted by atomic mass is 15.1. The number of nitrogens with zero attached hydrogens (tertiary/aromatic N) is 3. The van der Waals surface area contributed by atoms with Gasteiger partial charge in [-0.05, 0) is 36.4 Å². The maximum atomic E-state index is 4.66. The number of para-hydroxylation sites is 3. The van der Waals surface area contributed by atoms with Gasteiger partial charge in [0.15, 0.2) is 0 Å². The summed E-state index contributed by atoms with van der Waals surface area (Å²) in [5, 5.41) is 2.45. The third-order valence-corrected chi connectivity index (χ3v) is 5.36. The molecule has 3 heterocycles. The number of rotatable bonds is 2. The fraction of sp³-hybridized carbons (Fsp3) is 0. The molecule has 0 aliphatic rings. The van der Waals surface area contributed by atoms with Gasteiger partial charge in [0.25, 0.3) is 0 Å². The van der Waals surface area contributed by atoms with Crippen molar-refractivity contribution in [3.63, 3.8) is 0 Å². The van der Waals surface area contributed by atoms with Crippen molar-refractivity contribution >= 4 is 32.8 Å². The Hall–Kier alpha value is -3.85. The van der Waals surface area contributed by atoms with E-state index in [1.54, 1.807) is 0 Å². The van der Waals surface area contributed by atoms with Crippen LogP contribution in [-0.4, -0.2) is 14.1 Å². The van der Waals surface area contributed by atoms with Crippen molar-refractivity contribution in [1.29, 1.82) is 0 Å². The molecule has 3 aromatic carbocycles. The number of pyridine rings is 1. The van der Waals surface area contributed by atoms with E-state index in [0.29, 0.717) is 0 Å². The summed E-state index contributed by atoms with van der Waals surface area (Å²) in [4.78, 5) is 4.66. The number of benzene rings is 3. The number of fused-ring (bicyclic) bond motifs is 5. The first-order valence-electron chi connectivity index (χ1n) is 9.43. The van der Waals surface area contributed by atoms with E-state index in [2.05, 4.69) is 99.0 Å². The van der Waals surface area contributed by atoms with Crippen LogP contribution in [0.15, 0.2) is 103 Å². The number of hydrogen-bond acceptors (Lipinski definition) is 1. The van der Waals surface area contributed by atoms with Gasteiger partial charge in [-0.1, -0.05) is 60.7 Å². The minimum absolute atomic E-state index is 0.935. The Balaban J connectivity index is 1.91. The van der Waals surface area contributed by atoms with Crippen LogP contribution in [0, 0.1) is 0 Å². The molecule has 0 spiro atoms. The summed E-state index contributed by atoms with van der Waals surface area (Å²) in [5.74, 6) is 0.935. The van der Waals surface area contributed by atoms with E-state index in [4.69, 9.17) is 0 Å². The number of hydrogen-bond donors (Lipinski definition) is 0. The Kier molecular flexibility index (Phi) is 3.17. The normalized spacial score (nSPS) is 11.6. The monoisotopic (exact) mass is 359 g/mol. The average Bonchev–Trinajstić information content (AvgIpc) is 3.28. The first kappa shape index (κ1) is 15.2. The van der Waals surface area contributed by atoms with Gasteiger partial charge in [-0.25, -0.2) is 4.98 Å². The summed E-state index contributed by atoms with van der Waals surface area (Å²) in [5.41, 5.74) is 5.95. The molecule has 0 bridgehead atoms. The smallest absolute Gasteiger partial charge is 0.137 e. The van der Waals surface area contributed by atoms with Crippen LogP contribution >= 0.6 is 0 Å². The summed E-state index contributed by atoms with van der Waals surface area (Å²) in [7, 11) is 0. The Bertz CT molecular complexity index is 1330. The molecule has 0 aliphatic heterocycles. The van der Waals surface area contributed by atoms with Crippen molar-refractivity contribution in [2.75, 3.05) is 0 Å². The summed E-state index contributed by atoms with van der Waals surface area (Å²) in [6, 6.07) is 33.8. The maximum Gasteiger partial charge on any atom is 0.137 e. The first-order valence-corrected chi connectivity index (χ1v) is 9.43. The fourth-order valence-electron chi connectivity index (χ4n) is 4.26. The number of aromatic nitrogens is 3. The van der Waals surface area contributed by atoms with Crippen molar-refractivity contribution < 1.29 is 0 Å². The quantitative estimate of drug-likeness (QED) is 0.365. The molecule has 6 aromatic rings. The minimum atomic E-state index is 0.935. The largest absolute Gasteiger partial charge is 0.307 e. The summed E-state index contributed by atoms with van der Waals surface area (Å²) in [6.07, 6.45) is 1.85. The van der Waals surface area contributed by atoms with Crippen molar-refractivity contribution in [2.24, 2.45) is 0 Å². The Morgan fingerprint density at radius 1 is 0.500 bits per heavy atom. The van der Waals surface area contributed by atoms with E-state index in [1.807, 2.05) is 18.3 Å². The van der Waals surface area contributed by atoms with Gasteiger partial charge in [-0.3, -0.25) is 4.57 Å². The molecule has 0 N–H and O–H groups in total. The van der Waals surface area contributed by atoms with Crippen LogP contribution in [0.5, 0.6) is 0 Å². The molecule has 28 heavy (non-hydrogen) atoms. The second-order valence-electron chi connectivity index (χ2n) is 6.93. The van der Waals surface area contributed by atoms with Gasteiger partial charge in [0, 0.05) is 22.7 Å². The molecule has 0 saturated heterocycles. The van der Waals surface area contributed by atoms with Gasteiger partial charge in [-0.15, -0.1) is 0 Å². The van der Waals surface area contributed by atoms with E-state index >= 15 is 0 Å². The lowest BCUT2D eigenvalue weighted by Gasteiger charge is -2.08. The summed E-state index contributed by atoms with van der Waals surface area (Å²) >= 11 is 0. The average molecular weight is 359 g/mol. The Morgan fingerprint density at radius 2 is 1.07 bits per heavy atom. The maximum absolute atomic E-state index is 4.66. The molecule has 0 atom stereocenters. The molecule has 0 radical (unpaired) electrons. The molecule has 132 valence electrons. The topological polar surface area (TPSA) is 22.8 Å². The Morgan fingerprint density at radius 3 is 1.75 bits per heavy atom. The molecule has 0 saturated carbocycles. The van der Waals surface area contributed by atoms with E-state index in [1.165, 1.54) is 32.8 Å². The van der Waals surface area contributed by atoms with E-state index in [9.17, 15) is 0 Å². The van der Waals surface area contributed by atoms with Crippen LogP contribution in [0.4, 0.5) is 0 Å². The van der Waals surface area contributed by atoms with E-state index < -0.39 is 0 Å². The molecule has 0 amide bonds. The lowest BCUT2D eigenvalue weighted by Crippen LogP contribution is -1.95. The van der Waals surface area contributed by atoms with Crippen molar-refractivity contribution in [3.8, 4) is 11.5 Å². The molecular formula is C25H17N3. The highest BCUT2D eigenvalue weighted by Gasteiger charge is 2.21. The van der Waals surface area contributed by atoms with Crippen molar-refractivity contribution in [3.05, 3.63) is 103 Å². The highest BCUT2D eigenvalue weighted by Crippen LogP contribution is 2.39. The molecule has 0 fully saturated rings. The first-order chi connectivity index (χ1) is 13.9. The van der Waals surface area contributed by atoms with Gasteiger partial charge in [0.05, 0.1) is 22.1 Å². The van der Waals surface area contributed by atoms with Gasteiger partial charge in [-0.2, -0.15) is 0 Å². The zero-order valence-corrected chi connectivity index (χ0v) is 15.2. The summed E-state index contributed by atoms with van der Waals surface area (Å²) in [6.45, 7) is 0. The fourth-order valence-corrected chi connectivity index (χ4v) is 4.26. The van der Waals surface area contributed by atoms with Gasteiger partial charge >= 0.3 is 0 Å². The van der Waals surface area contributed by atoms with E-state index in [-0.39, 0.29) is 0 Å². The SMILES string of the molecule is c1ccc(-n2c3ccccc3c3c2c2ccccc2n3-c2ccccn2)cc1. The van der Waals surface area contributed by atoms with E-state index in [0.717, 1.165) is 11.5 Å². The predicted octanol–water partition coefficient (Wildman–Crippen LogP) is 6.12.